The zero-order valence-corrected chi connectivity index (χ0v) is 21.4. The van der Waals surface area contributed by atoms with Gasteiger partial charge in [-0.2, -0.15) is 5.10 Å². The zero-order chi connectivity index (χ0) is 24.3. The van der Waals surface area contributed by atoms with Gasteiger partial charge in [-0.25, -0.2) is 5.43 Å². The van der Waals surface area contributed by atoms with Gasteiger partial charge in [0.2, 0.25) is 0 Å². The van der Waals surface area contributed by atoms with Crippen molar-refractivity contribution in [3.05, 3.63) is 86.8 Å². The first kappa shape index (κ1) is 25.6. The minimum Gasteiger partial charge on any atom is -0.490 e. The normalized spacial score (nSPS) is 10.8. The molecule has 0 fully saturated rings. The van der Waals surface area contributed by atoms with Gasteiger partial charge in [0.15, 0.2) is 11.5 Å². The van der Waals surface area contributed by atoms with Gasteiger partial charge >= 0.3 is 0 Å². The average molecular weight is 546 g/mol. The second kappa shape index (κ2) is 13.0. The molecule has 0 spiro atoms. The monoisotopic (exact) mass is 544 g/mol. The number of hydrogen-bond donors (Lipinski definition) is 1. The van der Waals surface area contributed by atoms with Gasteiger partial charge in [-0.1, -0.05) is 36.7 Å². The minimum absolute atomic E-state index is 0.349. The average Bonchev–Trinajstić information content (AvgIpc) is 2.83. The van der Waals surface area contributed by atoms with E-state index in [-0.39, 0.29) is 5.91 Å². The summed E-state index contributed by atoms with van der Waals surface area (Å²) in [7, 11) is 0. The molecule has 0 aliphatic rings. The van der Waals surface area contributed by atoms with Gasteiger partial charge in [0.05, 0.1) is 23.9 Å². The van der Waals surface area contributed by atoms with Gasteiger partial charge < -0.3 is 14.2 Å². The first-order valence-corrected chi connectivity index (χ1v) is 12.1. The van der Waals surface area contributed by atoms with Crippen molar-refractivity contribution in [3.8, 4) is 17.2 Å². The lowest BCUT2D eigenvalue weighted by Gasteiger charge is -2.12. The molecule has 0 atom stereocenters. The van der Waals surface area contributed by atoms with E-state index in [2.05, 4.69) is 26.5 Å². The zero-order valence-electron chi connectivity index (χ0n) is 19.0. The van der Waals surface area contributed by atoms with Crippen LogP contribution in [0.15, 0.2) is 70.2 Å². The Labute approximate surface area is 213 Å². The van der Waals surface area contributed by atoms with Crippen molar-refractivity contribution in [2.45, 2.75) is 26.9 Å². The molecule has 0 aliphatic carbocycles. The summed E-state index contributed by atoms with van der Waals surface area (Å²) in [5.74, 6) is 1.47. The lowest BCUT2D eigenvalue weighted by Crippen LogP contribution is -2.17. The summed E-state index contributed by atoms with van der Waals surface area (Å²) in [6.07, 6.45) is 2.44. The minimum atomic E-state index is -0.349. The molecule has 3 aromatic rings. The lowest BCUT2D eigenvalue weighted by molar-refractivity contribution is 0.0954. The molecule has 0 aliphatic heterocycles. The van der Waals surface area contributed by atoms with Crippen molar-refractivity contribution in [3.63, 3.8) is 0 Å². The molecule has 0 bridgehead atoms. The fraction of sp³-hybridized carbons (Fsp3) is 0.231. The van der Waals surface area contributed by atoms with Crippen molar-refractivity contribution in [1.29, 1.82) is 0 Å². The van der Waals surface area contributed by atoms with Crippen molar-refractivity contribution in [1.82, 2.24) is 5.43 Å². The number of carbonyl (C=O) groups is 1. The topological polar surface area (TPSA) is 69.2 Å². The lowest BCUT2D eigenvalue weighted by atomic mass is 10.2. The Morgan fingerprint density at radius 3 is 2.53 bits per heavy atom. The summed E-state index contributed by atoms with van der Waals surface area (Å²) in [6, 6.07) is 18.1. The summed E-state index contributed by atoms with van der Waals surface area (Å²) >= 11 is 9.69. The predicted molar refractivity (Wildman–Crippen MR) is 138 cm³/mol. The van der Waals surface area contributed by atoms with Crippen molar-refractivity contribution >= 4 is 39.7 Å². The van der Waals surface area contributed by atoms with E-state index in [1.807, 2.05) is 56.3 Å². The third-order valence-corrected chi connectivity index (χ3v) is 5.63. The van der Waals surface area contributed by atoms with Crippen LogP contribution in [0.5, 0.6) is 17.2 Å². The molecule has 0 heterocycles. The standard InChI is InChI=1S/C26H26BrClN2O4/c1-3-13-33-24-12-10-19(15-25(24)32-4-2)26(31)30-29-16-18-9-11-23(21(27)14-18)34-17-20-7-5-6-8-22(20)28/h5-12,14-16H,3-4,13,17H2,1-2H3,(H,30,31)/b29-16+. The number of amides is 1. The Hall–Kier alpha value is -3.03. The molecule has 0 radical (unpaired) electrons. The van der Waals surface area contributed by atoms with E-state index < -0.39 is 0 Å². The van der Waals surface area contributed by atoms with Crippen LogP contribution in [0.2, 0.25) is 5.02 Å². The van der Waals surface area contributed by atoms with Crippen LogP contribution in [0, 0.1) is 0 Å². The van der Waals surface area contributed by atoms with Crippen molar-refractivity contribution in [2.24, 2.45) is 5.10 Å². The quantitative estimate of drug-likeness (QED) is 0.217. The Morgan fingerprint density at radius 2 is 1.79 bits per heavy atom. The molecule has 34 heavy (non-hydrogen) atoms. The molecule has 0 aromatic heterocycles. The van der Waals surface area contributed by atoms with Gasteiger partial charge in [-0.3, -0.25) is 4.79 Å². The molecule has 0 saturated heterocycles. The largest absolute Gasteiger partial charge is 0.490 e. The van der Waals surface area contributed by atoms with E-state index in [9.17, 15) is 4.79 Å². The smallest absolute Gasteiger partial charge is 0.271 e. The molecule has 3 aromatic carbocycles. The van der Waals surface area contributed by atoms with E-state index in [0.717, 1.165) is 22.0 Å². The van der Waals surface area contributed by atoms with Gasteiger partial charge in [0, 0.05) is 16.1 Å². The Balaban J connectivity index is 1.60. The van der Waals surface area contributed by atoms with Crippen molar-refractivity contribution in [2.75, 3.05) is 13.2 Å². The van der Waals surface area contributed by atoms with Crippen LogP contribution in [0.25, 0.3) is 0 Å². The van der Waals surface area contributed by atoms with Gasteiger partial charge in [-0.05, 0) is 77.3 Å². The number of hydrogen-bond acceptors (Lipinski definition) is 5. The highest BCUT2D eigenvalue weighted by Crippen LogP contribution is 2.29. The number of halogens is 2. The third kappa shape index (κ3) is 7.23. The number of ether oxygens (including phenoxy) is 3. The molecule has 1 amide bonds. The van der Waals surface area contributed by atoms with Crippen LogP contribution in [0.3, 0.4) is 0 Å². The summed E-state index contributed by atoms with van der Waals surface area (Å²) in [5, 5.41) is 4.73. The molecule has 8 heteroatoms. The van der Waals surface area contributed by atoms with E-state index in [4.69, 9.17) is 25.8 Å². The molecular weight excluding hydrogens is 520 g/mol. The van der Waals surface area contributed by atoms with Gasteiger partial charge in [-0.15, -0.1) is 0 Å². The molecule has 6 nitrogen and oxygen atoms in total. The molecule has 0 saturated carbocycles. The maximum atomic E-state index is 12.5. The van der Waals surface area contributed by atoms with Crippen LogP contribution in [-0.4, -0.2) is 25.3 Å². The first-order chi connectivity index (χ1) is 16.5. The van der Waals surface area contributed by atoms with Gasteiger partial charge in [0.25, 0.3) is 5.91 Å². The second-order valence-electron chi connectivity index (χ2n) is 7.21. The molecular formula is C26H26BrClN2O4. The Kier molecular flexibility index (Phi) is 9.79. The SMILES string of the molecule is CCCOc1ccc(C(=O)N/N=C/c2ccc(OCc3ccccc3Cl)c(Br)c2)cc1OCC. The van der Waals surface area contributed by atoms with E-state index in [1.54, 1.807) is 24.4 Å². The van der Waals surface area contributed by atoms with Crippen LogP contribution >= 0.6 is 27.5 Å². The first-order valence-electron chi connectivity index (χ1n) is 10.9. The predicted octanol–water partition coefficient (Wildman–Crippen LogP) is 6.63. The highest BCUT2D eigenvalue weighted by atomic mass is 79.9. The van der Waals surface area contributed by atoms with Crippen LogP contribution in [-0.2, 0) is 6.61 Å². The summed E-state index contributed by atoms with van der Waals surface area (Å²) < 4.78 is 17.9. The number of nitrogens with zero attached hydrogens (tertiary/aromatic N) is 1. The highest BCUT2D eigenvalue weighted by molar-refractivity contribution is 9.10. The third-order valence-electron chi connectivity index (χ3n) is 4.64. The number of carbonyl (C=O) groups excluding carboxylic acids is 1. The van der Waals surface area contributed by atoms with Crippen LogP contribution in [0.4, 0.5) is 0 Å². The van der Waals surface area contributed by atoms with E-state index in [0.29, 0.717) is 47.7 Å². The molecule has 0 unspecified atom stereocenters. The van der Waals surface area contributed by atoms with E-state index >= 15 is 0 Å². The molecule has 1 N–H and O–H groups in total. The Morgan fingerprint density at radius 1 is 1.00 bits per heavy atom. The fourth-order valence-corrected chi connectivity index (χ4v) is 3.67. The van der Waals surface area contributed by atoms with Crippen LogP contribution < -0.4 is 19.6 Å². The summed E-state index contributed by atoms with van der Waals surface area (Å²) in [4.78, 5) is 12.5. The maximum Gasteiger partial charge on any atom is 0.271 e. The highest BCUT2D eigenvalue weighted by Gasteiger charge is 2.11. The molecule has 178 valence electrons. The second-order valence-corrected chi connectivity index (χ2v) is 8.47. The summed E-state index contributed by atoms with van der Waals surface area (Å²) in [5.41, 5.74) is 4.66. The fourth-order valence-electron chi connectivity index (χ4n) is 2.96. The number of benzene rings is 3. The number of rotatable bonds is 11. The number of hydrazone groups is 1. The van der Waals surface area contributed by atoms with Gasteiger partial charge in [0.1, 0.15) is 12.4 Å². The number of nitrogens with one attached hydrogen (secondary N) is 1. The summed E-state index contributed by atoms with van der Waals surface area (Å²) in [6.45, 7) is 5.31. The maximum absolute atomic E-state index is 12.5. The van der Waals surface area contributed by atoms with E-state index in [1.165, 1.54) is 0 Å². The molecule has 3 rings (SSSR count). The van der Waals surface area contributed by atoms with Crippen LogP contribution in [0.1, 0.15) is 41.8 Å². The Bertz CT molecular complexity index is 1150. The van der Waals surface area contributed by atoms with Crippen molar-refractivity contribution < 1.29 is 19.0 Å².